The lowest BCUT2D eigenvalue weighted by atomic mass is 9.77. The van der Waals surface area contributed by atoms with E-state index in [-0.39, 0.29) is 11.8 Å². The van der Waals surface area contributed by atoms with Crippen LogP contribution in [0.2, 0.25) is 0 Å². The Morgan fingerprint density at radius 3 is 2.33 bits per heavy atom. The molecule has 0 amide bonds. The maximum Gasteiger partial charge on any atom is 0.238 e. The van der Waals surface area contributed by atoms with Gasteiger partial charge in [-0.3, -0.25) is 0 Å². The summed E-state index contributed by atoms with van der Waals surface area (Å²) in [6.45, 7) is 0. The van der Waals surface area contributed by atoms with Crippen LogP contribution in [0.3, 0.4) is 0 Å². The smallest absolute Gasteiger partial charge is 0.212 e. The maximum absolute atomic E-state index is 11.5. The molecule has 2 atom stereocenters. The molecule has 84 valence electrons. The molecule has 2 unspecified atom stereocenters. The van der Waals surface area contributed by atoms with E-state index in [0.29, 0.717) is 12.8 Å². The molecule has 0 bridgehead atoms. The van der Waals surface area contributed by atoms with Gasteiger partial charge in [0.1, 0.15) is 0 Å². The molecule has 3 nitrogen and oxygen atoms in total. The molecule has 0 aromatic carbocycles. The van der Waals surface area contributed by atoms with E-state index in [4.69, 9.17) is 15.9 Å². The molecule has 0 aliphatic heterocycles. The zero-order chi connectivity index (χ0) is 11.1. The van der Waals surface area contributed by atoms with Gasteiger partial charge in [-0.25, -0.2) is 8.42 Å². The first-order valence-corrected chi connectivity index (χ1v) is 7.66. The molecule has 15 heavy (non-hydrogen) atoms. The molecule has 0 radical (unpaired) electrons. The number of nitrogens with zero attached hydrogens (tertiary/aromatic N) is 1. The van der Waals surface area contributed by atoms with E-state index in [1.54, 1.807) is 0 Å². The predicted molar refractivity (Wildman–Crippen MR) is 57.8 cm³/mol. The van der Waals surface area contributed by atoms with Gasteiger partial charge < -0.3 is 0 Å². The highest BCUT2D eigenvalue weighted by molar-refractivity contribution is 8.15. The van der Waals surface area contributed by atoms with Crippen LogP contribution in [0.15, 0.2) is 0 Å². The van der Waals surface area contributed by atoms with Gasteiger partial charge in [-0.1, -0.05) is 12.8 Å². The normalized spacial score (nSPS) is 34.4. The van der Waals surface area contributed by atoms with E-state index in [0.717, 1.165) is 25.7 Å². The van der Waals surface area contributed by atoms with Crippen molar-refractivity contribution in [1.82, 2.24) is 0 Å². The fourth-order valence-electron chi connectivity index (χ4n) is 2.83. The van der Waals surface area contributed by atoms with Gasteiger partial charge >= 0.3 is 0 Å². The third-order valence-electron chi connectivity index (χ3n) is 3.84. The highest BCUT2D eigenvalue weighted by Gasteiger charge is 2.61. The van der Waals surface area contributed by atoms with E-state index in [2.05, 4.69) is 6.07 Å². The summed E-state index contributed by atoms with van der Waals surface area (Å²) in [4.78, 5) is 0. The lowest BCUT2D eigenvalue weighted by Crippen LogP contribution is -2.35. The monoisotopic (exact) mass is 247 g/mol. The minimum atomic E-state index is -3.51. The third-order valence-corrected chi connectivity index (χ3v) is 6.44. The van der Waals surface area contributed by atoms with E-state index >= 15 is 0 Å². The summed E-state index contributed by atoms with van der Waals surface area (Å²) in [6.07, 6.45) is 5.01. The SMILES string of the molecule is N#CC1CCCCC1C1(S(=O)(=O)Cl)CC1. The van der Waals surface area contributed by atoms with Crippen LogP contribution >= 0.6 is 10.7 Å². The van der Waals surface area contributed by atoms with Crippen LogP contribution < -0.4 is 0 Å². The van der Waals surface area contributed by atoms with Crippen molar-refractivity contribution in [2.75, 3.05) is 0 Å². The molecule has 0 aromatic rings. The molecule has 0 spiro atoms. The van der Waals surface area contributed by atoms with Gasteiger partial charge in [0.2, 0.25) is 9.05 Å². The summed E-state index contributed by atoms with van der Waals surface area (Å²) in [5.74, 6) is -0.145. The Kier molecular flexibility index (Phi) is 2.72. The van der Waals surface area contributed by atoms with Crippen molar-refractivity contribution in [1.29, 1.82) is 5.26 Å². The molecule has 0 aromatic heterocycles. The van der Waals surface area contributed by atoms with E-state index < -0.39 is 13.8 Å². The molecular weight excluding hydrogens is 234 g/mol. The summed E-state index contributed by atoms with van der Waals surface area (Å²) in [7, 11) is 1.99. The Labute approximate surface area is 94.8 Å². The molecule has 2 rings (SSSR count). The van der Waals surface area contributed by atoms with E-state index in [9.17, 15) is 8.42 Å². The Balaban J connectivity index is 2.27. The molecule has 0 saturated heterocycles. The number of halogens is 1. The second-order valence-electron chi connectivity index (χ2n) is 4.63. The largest absolute Gasteiger partial charge is 0.238 e. The average molecular weight is 248 g/mol. The van der Waals surface area contributed by atoms with E-state index in [1.165, 1.54) is 0 Å². The van der Waals surface area contributed by atoms with Crippen molar-refractivity contribution < 1.29 is 8.42 Å². The quantitative estimate of drug-likeness (QED) is 0.704. The fraction of sp³-hybridized carbons (Fsp3) is 0.900. The van der Waals surface area contributed by atoms with Gasteiger partial charge in [0, 0.05) is 10.7 Å². The third kappa shape index (κ3) is 1.76. The molecule has 2 aliphatic rings. The molecular formula is C10H14ClNO2S. The molecule has 2 fully saturated rings. The second kappa shape index (κ2) is 3.64. The average Bonchev–Trinajstić information content (AvgIpc) is 2.97. The van der Waals surface area contributed by atoms with Crippen molar-refractivity contribution in [3.63, 3.8) is 0 Å². The Morgan fingerprint density at radius 2 is 1.87 bits per heavy atom. The van der Waals surface area contributed by atoms with Crippen LogP contribution in [-0.4, -0.2) is 13.2 Å². The highest BCUT2D eigenvalue weighted by Crippen LogP contribution is 2.56. The molecule has 0 N–H and O–H groups in total. The molecule has 2 saturated carbocycles. The summed E-state index contributed by atoms with van der Waals surface area (Å²) >= 11 is 0. The first-order valence-electron chi connectivity index (χ1n) is 5.35. The van der Waals surface area contributed by atoms with Crippen LogP contribution in [0.5, 0.6) is 0 Å². The second-order valence-corrected chi connectivity index (χ2v) is 7.54. The Bertz CT molecular complexity index is 394. The molecule has 0 heterocycles. The maximum atomic E-state index is 11.5. The number of hydrogen-bond acceptors (Lipinski definition) is 3. The number of hydrogen-bond donors (Lipinski definition) is 0. The summed E-state index contributed by atoms with van der Waals surface area (Å²) in [6, 6.07) is 2.25. The zero-order valence-electron chi connectivity index (χ0n) is 8.45. The number of nitriles is 1. The van der Waals surface area contributed by atoms with Crippen LogP contribution in [0.4, 0.5) is 0 Å². The minimum absolute atomic E-state index is 0.0289. The van der Waals surface area contributed by atoms with Gasteiger partial charge in [0.15, 0.2) is 0 Å². The van der Waals surface area contributed by atoms with Gasteiger partial charge in [0.05, 0.1) is 16.7 Å². The number of rotatable bonds is 2. The zero-order valence-corrected chi connectivity index (χ0v) is 10.0. The van der Waals surface area contributed by atoms with Crippen LogP contribution in [0, 0.1) is 23.2 Å². The molecule has 2 aliphatic carbocycles. The highest BCUT2D eigenvalue weighted by atomic mass is 35.7. The van der Waals surface area contributed by atoms with Gasteiger partial charge in [-0.15, -0.1) is 0 Å². The predicted octanol–water partition coefficient (Wildman–Crippen LogP) is 2.42. The van der Waals surface area contributed by atoms with Gasteiger partial charge in [-0.05, 0) is 31.6 Å². The summed E-state index contributed by atoms with van der Waals surface area (Å²) in [5.41, 5.74) is 0. The van der Waals surface area contributed by atoms with Crippen molar-refractivity contribution >= 4 is 19.7 Å². The van der Waals surface area contributed by atoms with Gasteiger partial charge in [-0.2, -0.15) is 5.26 Å². The lowest BCUT2D eigenvalue weighted by Gasteiger charge is -2.32. The van der Waals surface area contributed by atoms with Crippen LogP contribution in [-0.2, 0) is 9.05 Å². The van der Waals surface area contributed by atoms with Crippen molar-refractivity contribution in [3.05, 3.63) is 0 Å². The Morgan fingerprint density at radius 1 is 1.27 bits per heavy atom. The van der Waals surface area contributed by atoms with E-state index in [1.807, 2.05) is 0 Å². The van der Waals surface area contributed by atoms with Crippen LogP contribution in [0.25, 0.3) is 0 Å². The fourth-order valence-corrected chi connectivity index (χ4v) is 4.87. The van der Waals surface area contributed by atoms with Crippen molar-refractivity contribution in [2.45, 2.75) is 43.3 Å². The Hall–Kier alpha value is -0.270. The minimum Gasteiger partial charge on any atom is -0.212 e. The topological polar surface area (TPSA) is 57.9 Å². The summed E-state index contributed by atoms with van der Waals surface area (Å²) in [5, 5.41) is 9.03. The van der Waals surface area contributed by atoms with Gasteiger partial charge in [0.25, 0.3) is 0 Å². The van der Waals surface area contributed by atoms with Crippen molar-refractivity contribution in [3.8, 4) is 6.07 Å². The molecule has 5 heteroatoms. The van der Waals surface area contributed by atoms with Crippen LogP contribution in [0.1, 0.15) is 38.5 Å². The first kappa shape index (κ1) is 11.2. The first-order chi connectivity index (χ1) is 7.01. The standard InChI is InChI=1S/C10H14ClNO2S/c11-15(13,14)10(5-6-10)9-4-2-1-3-8(9)7-12/h8-9H,1-6H2. The lowest BCUT2D eigenvalue weighted by molar-refractivity contribution is 0.269. The van der Waals surface area contributed by atoms with Crippen molar-refractivity contribution in [2.24, 2.45) is 11.8 Å². The summed E-state index contributed by atoms with van der Waals surface area (Å²) < 4.78 is 22.3.